The Morgan fingerprint density at radius 2 is 1.68 bits per heavy atom. The van der Waals surface area contributed by atoms with Crippen molar-refractivity contribution in [3.8, 4) is 22.8 Å². The molecule has 16 nitrogen and oxygen atoms in total. The summed E-state index contributed by atoms with van der Waals surface area (Å²) >= 11 is 6.70. The Hall–Kier alpha value is -6.35. The zero-order chi connectivity index (χ0) is 53.0. The number of rotatable bonds is 13. The number of aryl methyl sites for hydroxylation is 1. The minimum absolute atomic E-state index is 0.0104. The Balaban J connectivity index is 0.765. The molecule has 1 aliphatic carbocycles. The number of benzene rings is 3. The summed E-state index contributed by atoms with van der Waals surface area (Å²) in [5.74, 6) is -6.19. The maximum atomic E-state index is 16.5. The van der Waals surface area contributed by atoms with Crippen molar-refractivity contribution < 1.29 is 51.3 Å². The molecule has 398 valence electrons. The maximum Gasteiger partial charge on any atom is 0.329 e. The topological polar surface area (TPSA) is 197 Å². The number of hydrogen-bond acceptors (Lipinski definition) is 11. The van der Waals surface area contributed by atoms with E-state index in [9.17, 15) is 24.3 Å². The number of anilines is 1. The number of amides is 5. The molecular weight excluding hydrogens is 998 g/mol. The minimum Gasteiger partial charge on any atom is -0.480 e. The van der Waals surface area contributed by atoms with E-state index in [0.29, 0.717) is 63.8 Å². The van der Waals surface area contributed by atoms with Gasteiger partial charge in [-0.15, -0.1) is 0 Å². The van der Waals surface area contributed by atoms with Gasteiger partial charge in [0.05, 0.1) is 22.6 Å². The van der Waals surface area contributed by atoms with E-state index in [1.165, 1.54) is 15.6 Å². The molecule has 5 amide bonds. The zero-order valence-corrected chi connectivity index (χ0v) is 42.7. The third-order valence-corrected chi connectivity index (χ3v) is 16.8. The summed E-state index contributed by atoms with van der Waals surface area (Å²) in [6.07, 6.45) is 5.99. The number of carbonyl (C=O) groups excluding carboxylic acids is 4. The molecule has 5 aliphatic rings. The first kappa shape index (κ1) is 52.1. The second kappa shape index (κ2) is 21.0. The van der Waals surface area contributed by atoms with E-state index in [0.717, 1.165) is 30.7 Å². The van der Waals surface area contributed by atoms with E-state index in [2.05, 4.69) is 25.6 Å². The van der Waals surface area contributed by atoms with Gasteiger partial charge < -0.3 is 30.5 Å². The van der Waals surface area contributed by atoms with Crippen molar-refractivity contribution in [3.05, 3.63) is 99.2 Å². The van der Waals surface area contributed by atoms with Crippen LogP contribution in [0.25, 0.3) is 22.0 Å². The lowest BCUT2D eigenvalue weighted by molar-refractivity contribution is -0.138. The van der Waals surface area contributed by atoms with Crippen LogP contribution in [0, 0.1) is 35.1 Å². The van der Waals surface area contributed by atoms with Gasteiger partial charge in [0.2, 0.25) is 11.8 Å². The number of carbonyl (C=O) groups is 4. The number of nitrogens with two attached hydrogens (primary N) is 1. The van der Waals surface area contributed by atoms with Gasteiger partial charge in [0.25, 0.3) is 11.8 Å². The van der Waals surface area contributed by atoms with Gasteiger partial charge >= 0.3 is 6.03 Å². The number of urea groups is 1. The number of ether oxygens (including phenoxy) is 2. The van der Waals surface area contributed by atoms with E-state index in [1.54, 1.807) is 7.05 Å². The van der Waals surface area contributed by atoms with Gasteiger partial charge in [0.1, 0.15) is 29.5 Å². The molecule has 0 unspecified atom stereocenters. The Morgan fingerprint density at radius 3 is 2.36 bits per heavy atom. The van der Waals surface area contributed by atoms with Gasteiger partial charge in [-0.1, -0.05) is 55.8 Å². The third kappa shape index (κ3) is 9.45. The van der Waals surface area contributed by atoms with E-state index < -0.39 is 75.7 Å². The largest absolute Gasteiger partial charge is 0.480 e. The number of halogens is 5. The van der Waals surface area contributed by atoms with E-state index in [4.69, 9.17) is 26.8 Å². The van der Waals surface area contributed by atoms with Gasteiger partial charge in [0, 0.05) is 105 Å². The Labute approximate surface area is 435 Å². The first-order chi connectivity index (χ1) is 36.0. The summed E-state index contributed by atoms with van der Waals surface area (Å²) in [5.41, 5.74) is 4.96. The molecule has 75 heavy (non-hydrogen) atoms. The van der Waals surface area contributed by atoms with Crippen LogP contribution in [0.1, 0.15) is 104 Å². The highest BCUT2D eigenvalue weighted by molar-refractivity contribution is 6.34. The number of primary amides is 1. The average molecular weight is 1060 g/mol. The first-order valence-corrected chi connectivity index (χ1v) is 26.1. The SMILES string of the molecule is C[C@H]1CN(C2CCN(C(=O)C3CCC(NC[C@]4(c5ccccc5)Oc5cc(F)c(Cl)c(-c6c(C(N)=O)cnc(OCCO)c6F)c5[C@@H]4C)CC3)CC2)CC[C@H]1c1c(F)cc2c(N3CCC(=O)NC3=O)nn(C)c2c1F. The fourth-order valence-corrected chi connectivity index (χ4v) is 12.8. The second-order valence-electron chi connectivity index (χ2n) is 20.7. The van der Waals surface area contributed by atoms with Crippen molar-refractivity contribution in [3.63, 3.8) is 0 Å². The predicted octanol–water partition coefficient (Wildman–Crippen LogP) is 7.42. The lowest BCUT2D eigenvalue weighted by Crippen LogP contribution is -2.52. The maximum absolute atomic E-state index is 16.5. The molecule has 1 saturated carbocycles. The molecule has 0 spiro atoms. The van der Waals surface area contributed by atoms with Crippen LogP contribution >= 0.6 is 11.6 Å². The standard InChI is InChI=1S/C54H60ClF4N9O7/c1-28-26-67(19-15-34(28)42-37(56)23-35-48(46(42)58)65(3)64-50(35)68-20-16-40(70)63-53(68)73)33-13-17-66(18-14-33)52(72)30-9-11-32(12-10-30)62-27-54(31-7-5-4-6-8-31)29(2)41-39(75-54)24-38(57)45(55)44(41)43-36(49(60)71)25-61-51(47(43)59)74-22-21-69/h4-8,23-25,28-30,32-34,62,69H,9-22,26-27H2,1-3H3,(H2,60,71)(H,63,70,73)/t28-,29-,30?,32?,34+,54-/m0/s1. The van der Waals surface area contributed by atoms with Gasteiger partial charge in [-0.25, -0.2) is 27.3 Å². The first-order valence-electron chi connectivity index (χ1n) is 25.7. The average Bonchev–Trinajstić information content (AvgIpc) is 3.97. The number of piperidine rings is 2. The fourth-order valence-electron chi connectivity index (χ4n) is 12.5. The van der Waals surface area contributed by atoms with Crippen molar-refractivity contribution in [1.29, 1.82) is 0 Å². The summed E-state index contributed by atoms with van der Waals surface area (Å²) in [7, 11) is 1.56. The van der Waals surface area contributed by atoms with Crippen molar-refractivity contribution in [2.75, 3.05) is 57.4 Å². The highest BCUT2D eigenvalue weighted by atomic mass is 35.5. The van der Waals surface area contributed by atoms with Crippen LogP contribution in [0.2, 0.25) is 5.02 Å². The zero-order valence-electron chi connectivity index (χ0n) is 41.9. The Morgan fingerprint density at radius 1 is 0.947 bits per heavy atom. The van der Waals surface area contributed by atoms with Crippen molar-refractivity contribution in [2.24, 2.45) is 24.6 Å². The summed E-state index contributed by atoms with van der Waals surface area (Å²) in [6.45, 7) is 5.99. The number of hydrogen-bond donors (Lipinski definition) is 4. The minimum atomic E-state index is -1.16. The summed E-state index contributed by atoms with van der Waals surface area (Å²) in [6, 6.07) is 11.4. The number of aromatic nitrogens is 3. The Kier molecular flexibility index (Phi) is 14.6. The van der Waals surface area contributed by atoms with Crippen LogP contribution in [-0.4, -0.2) is 118 Å². The normalized spacial score (nSPS) is 24.6. The van der Waals surface area contributed by atoms with Crippen LogP contribution in [0.4, 0.5) is 28.2 Å². The highest BCUT2D eigenvalue weighted by Crippen LogP contribution is 2.56. The van der Waals surface area contributed by atoms with Crippen LogP contribution in [0.3, 0.4) is 0 Å². The number of nitrogens with zero attached hydrogens (tertiary/aromatic N) is 6. The number of pyridine rings is 1. The van der Waals surface area contributed by atoms with Crippen LogP contribution in [0.15, 0.2) is 48.7 Å². The fraction of sp³-hybridized carbons (Fsp3) is 0.481. The smallest absolute Gasteiger partial charge is 0.329 e. The molecule has 10 rings (SSSR count). The lowest BCUT2D eigenvalue weighted by atomic mass is 9.77. The lowest BCUT2D eigenvalue weighted by Gasteiger charge is -2.45. The summed E-state index contributed by atoms with van der Waals surface area (Å²) < 4.78 is 78.3. The van der Waals surface area contributed by atoms with E-state index in [-0.39, 0.29) is 101 Å². The summed E-state index contributed by atoms with van der Waals surface area (Å²) in [5, 5.41) is 19.4. The molecule has 0 bridgehead atoms. The third-order valence-electron chi connectivity index (χ3n) is 16.4. The highest BCUT2D eigenvalue weighted by Gasteiger charge is 2.51. The van der Waals surface area contributed by atoms with E-state index >= 15 is 17.6 Å². The molecular formula is C54H60ClF4N9O7. The number of likely N-dealkylation sites (tertiary alicyclic amines) is 2. The number of aliphatic hydroxyl groups excluding tert-OH is 1. The van der Waals surface area contributed by atoms with Crippen LogP contribution in [0.5, 0.6) is 11.6 Å². The van der Waals surface area contributed by atoms with Gasteiger partial charge in [-0.05, 0) is 75.0 Å². The predicted molar refractivity (Wildman–Crippen MR) is 270 cm³/mol. The van der Waals surface area contributed by atoms with Gasteiger partial charge in [-0.2, -0.15) is 5.10 Å². The summed E-state index contributed by atoms with van der Waals surface area (Å²) in [4.78, 5) is 60.7. The molecule has 5 aromatic rings. The monoisotopic (exact) mass is 1060 g/mol. The molecule has 3 aromatic carbocycles. The Bertz CT molecular complexity index is 3060. The molecule has 6 heterocycles. The second-order valence-corrected chi connectivity index (χ2v) is 21.1. The quantitative estimate of drug-likeness (QED) is 0.0857. The van der Waals surface area contributed by atoms with E-state index in [1.807, 2.05) is 49.1 Å². The molecule has 4 fully saturated rings. The molecule has 4 aliphatic heterocycles. The molecule has 2 aromatic heterocycles. The van der Waals surface area contributed by atoms with Crippen molar-refractivity contribution >= 4 is 52.1 Å². The number of nitrogens with one attached hydrogen (secondary N) is 2. The molecule has 21 heteroatoms. The molecule has 5 N–H and O–H groups in total. The number of aliphatic hydroxyl groups is 1. The van der Waals surface area contributed by atoms with Crippen molar-refractivity contribution in [1.82, 2.24) is 35.2 Å². The van der Waals surface area contributed by atoms with Gasteiger partial charge in [-0.3, -0.25) is 34.2 Å². The van der Waals surface area contributed by atoms with Crippen LogP contribution < -0.4 is 30.7 Å². The van der Waals surface area contributed by atoms with Crippen molar-refractivity contribution in [2.45, 2.75) is 94.7 Å². The number of fused-ring (bicyclic) bond motifs is 2. The van der Waals surface area contributed by atoms with Gasteiger partial charge in [0.15, 0.2) is 23.1 Å². The molecule has 0 radical (unpaired) electrons. The number of imide groups is 1. The molecule has 3 saturated heterocycles. The van der Waals surface area contributed by atoms with Crippen LogP contribution in [-0.2, 0) is 22.2 Å². The molecule has 4 atom stereocenters.